The van der Waals surface area contributed by atoms with E-state index in [4.69, 9.17) is 4.74 Å². The Kier molecular flexibility index (Phi) is 21.4. The summed E-state index contributed by atoms with van der Waals surface area (Å²) >= 11 is 0. The van der Waals surface area contributed by atoms with Crippen LogP contribution in [0.15, 0.2) is 0 Å². The van der Waals surface area contributed by atoms with Gasteiger partial charge in [-0.15, -0.1) is 0 Å². The number of carboxylic acid groups (broad SMARTS) is 1. The Bertz CT molecular complexity index is 515. The van der Waals surface area contributed by atoms with Gasteiger partial charge in [-0.3, -0.25) is 4.79 Å². The first-order valence-corrected chi connectivity index (χ1v) is 14.8. The van der Waals surface area contributed by atoms with Crippen LogP contribution < -0.4 is 5.11 Å². The molecule has 5 heteroatoms. The van der Waals surface area contributed by atoms with Crippen molar-refractivity contribution in [1.82, 2.24) is 0 Å². The molecular weight excluding hydrogens is 438 g/mol. The number of unbranched alkanes of at least 4 members (excludes halogenated alkanes) is 14. The second-order valence-electron chi connectivity index (χ2n) is 11.9. The van der Waals surface area contributed by atoms with Crippen molar-refractivity contribution < 1.29 is 23.9 Å². The first-order chi connectivity index (χ1) is 16.6. The standard InChI is InChI=1S/C30H59NO4/c1-6-7-19-22-27(2)23-20-17-15-13-11-9-8-10-12-14-16-18-21-24-30(34)35-28(25-29(32)33)26-31(3,4)5/h27-28H,6-26H2,1-5H3. The summed E-state index contributed by atoms with van der Waals surface area (Å²) < 4.78 is 5.95. The summed E-state index contributed by atoms with van der Waals surface area (Å²) in [6.07, 6.45) is 23.1. The van der Waals surface area contributed by atoms with Crippen molar-refractivity contribution in [3.8, 4) is 0 Å². The molecule has 0 N–H and O–H groups in total. The SMILES string of the molecule is CCCCCC(C)CCCCCCCCCCCCCCCC(=O)OC(CC(=O)[O-])C[N+](C)(C)C. The second kappa shape index (κ2) is 22.1. The lowest BCUT2D eigenvalue weighted by molar-refractivity contribution is -0.873. The van der Waals surface area contributed by atoms with Crippen LogP contribution in [0.5, 0.6) is 0 Å². The summed E-state index contributed by atoms with van der Waals surface area (Å²) in [4.78, 5) is 23.0. The van der Waals surface area contributed by atoms with Crippen LogP contribution >= 0.6 is 0 Å². The van der Waals surface area contributed by atoms with Crippen molar-refractivity contribution in [2.45, 2.75) is 148 Å². The average Bonchev–Trinajstić information content (AvgIpc) is 2.74. The van der Waals surface area contributed by atoms with E-state index in [1.165, 1.54) is 96.3 Å². The van der Waals surface area contributed by atoms with Gasteiger partial charge < -0.3 is 19.1 Å². The van der Waals surface area contributed by atoms with Gasteiger partial charge in [0, 0.05) is 18.8 Å². The Morgan fingerprint density at radius 1 is 0.714 bits per heavy atom. The zero-order chi connectivity index (χ0) is 26.4. The largest absolute Gasteiger partial charge is 0.550 e. The molecule has 0 saturated heterocycles. The molecule has 0 fully saturated rings. The number of carbonyl (C=O) groups is 2. The number of esters is 1. The number of rotatable bonds is 25. The number of carboxylic acids is 1. The molecule has 2 unspecified atom stereocenters. The summed E-state index contributed by atoms with van der Waals surface area (Å²) in [6, 6.07) is 0. The maximum absolute atomic E-state index is 12.1. The van der Waals surface area contributed by atoms with Crippen LogP contribution in [-0.2, 0) is 14.3 Å². The lowest BCUT2D eigenvalue weighted by Gasteiger charge is -2.29. The molecular formula is C30H59NO4. The van der Waals surface area contributed by atoms with E-state index >= 15 is 0 Å². The summed E-state index contributed by atoms with van der Waals surface area (Å²) in [5.41, 5.74) is 0. The molecule has 35 heavy (non-hydrogen) atoms. The van der Waals surface area contributed by atoms with Gasteiger partial charge in [0.25, 0.3) is 0 Å². The average molecular weight is 498 g/mol. The summed E-state index contributed by atoms with van der Waals surface area (Å²) in [5, 5.41) is 10.9. The Morgan fingerprint density at radius 3 is 1.57 bits per heavy atom. The van der Waals surface area contributed by atoms with Gasteiger partial charge in [0.05, 0.1) is 21.1 Å². The molecule has 0 aliphatic heterocycles. The van der Waals surface area contributed by atoms with Crippen molar-refractivity contribution in [3.05, 3.63) is 0 Å². The third-order valence-corrected chi connectivity index (χ3v) is 6.82. The number of likely N-dealkylation sites (N-methyl/N-ethyl adjacent to an activating group) is 1. The topological polar surface area (TPSA) is 66.4 Å². The van der Waals surface area contributed by atoms with E-state index < -0.39 is 12.1 Å². The molecule has 0 heterocycles. The lowest BCUT2D eigenvalue weighted by Crippen LogP contribution is -2.45. The second-order valence-corrected chi connectivity index (χ2v) is 11.9. The predicted molar refractivity (Wildman–Crippen MR) is 145 cm³/mol. The first-order valence-electron chi connectivity index (χ1n) is 14.8. The highest BCUT2D eigenvalue weighted by Gasteiger charge is 2.22. The van der Waals surface area contributed by atoms with Crippen LogP contribution in [0.1, 0.15) is 142 Å². The van der Waals surface area contributed by atoms with Gasteiger partial charge in [0.1, 0.15) is 6.54 Å². The molecule has 0 aliphatic carbocycles. The minimum atomic E-state index is -1.17. The highest BCUT2D eigenvalue weighted by Crippen LogP contribution is 2.18. The number of hydrogen-bond donors (Lipinski definition) is 0. The number of hydrogen-bond acceptors (Lipinski definition) is 4. The molecule has 0 spiro atoms. The van der Waals surface area contributed by atoms with Gasteiger partial charge in [-0.1, -0.05) is 123 Å². The Labute approximate surface area is 218 Å². The number of quaternary nitrogens is 1. The van der Waals surface area contributed by atoms with E-state index in [2.05, 4.69) is 13.8 Å². The summed E-state index contributed by atoms with van der Waals surface area (Å²) in [5.74, 6) is -0.539. The molecule has 0 aliphatic rings. The number of carbonyl (C=O) groups excluding carboxylic acids is 2. The molecule has 2 atom stereocenters. The summed E-state index contributed by atoms with van der Waals surface area (Å²) in [6.45, 7) is 5.18. The highest BCUT2D eigenvalue weighted by molar-refractivity contribution is 5.70. The molecule has 0 aromatic carbocycles. The maximum atomic E-state index is 12.1. The third-order valence-electron chi connectivity index (χ3n) is 6.82. The Balaban J connectivity index is 3.50. The molecule has 0 aromatic rings. The molecule has 208 valence electrons. The fourth-order valence-corrected chi connectivity index (χ4v) is 4.78. The van der Waals surface area contributed by atoms with Gasteiger partial charge in [-0.05, 0) is 12.3 Å². The molecule has 0 radical (unpaired) electrons. The quantitative estimate of drug-likeness (QED) is 0.0789. The number of aliphatic carboxylic acids is 1. The monoisotopic (exact) mass is 497 g/mol. The van der Waals surface area contributed by atoms with Crippen LogP contribution in [0.2, 0.25) is 0 Å². The van der Waals surface area contributed by atoms with E-state index in [-0.39, 0.29) is 12.4 Å². The minimum Gasteiger partial charge on any atom is -0.550 e. The predicted octanol–water partition coefficient (Wildman–Crippen LogP) is 6.81. The van der Waals surface area contributed by atoms with E-state index in [1.54, 1.807) is 0 Å². The van der Waals surface area contributed by atoms with Crippen LogP contribution in [0, 0.1) is 5.92 Å². The van der Waals surface area contributed by atoms with Gasteiger partial charge >= 0.3 is 5.97 Å². The van der Waals surface area contributed by atoms with Crippen molar-refractivity contribution in [1.29, 1.82) is 0 Å². The molecule has 0 aromatic heterocycles. The maximum Gasteiger partial charge on any atom is 0.306 e. The number of ether oxygens (including phenoxy) is 1. The van der Waals surface area contributed by atoms with Crippen molar-refractivity contribution >= 4 is 11.9 Å². The first kappa shape index (κ1) is 33.9. The van der Waals surface area contributed by atoms with Gasteiger partial charge in [0.2, 0.25) is 0 Å². The zero-order valence-corrected chi connectivity index (χ0v) is 24.1. The minimum absolute atomic E-state index is 0.236. The Morgan fingerprint density at radius 2 is 1.14 bits per heavy atom. The van der Waals surface area contributed by atoms with E-state index in [1.807, 2.05) is 21.1 Å². The molecule has 5 nitrogen and oxygen atoms in total. The molecule has 0 bridgehead atoms. The van der Waals surface area contributed by atoms with E-state index in [0.717, 1.165) is 25.2 Å². The van der Waals surface area contributed by atoms with Crippen molar-refractivity contribution in [3.63, 3.8) is 0 Å². The number of nitrogens with zero attached hydrogens (tertiary/aromatic N) is 1. The van der Waals surface area contributed by atoms with Gasteiger partial charge in [-0.2, -0.15) is 0 Å². The van der Waals surface area contributed by atoms with E-state index in [0.29, 0.717) is 17.4 Å². The highest BCUT2D eigenvalue weighted by atomic mass is 16.5. The van der Waals surface area contributed by atoms with Crippen molar-refractivity contribution in [2.24, 2.45) is 5.92 Å². The van der Waals surface area contributed by atoms with Crippen LogP contribution in [0.25, 0.3) is 0 Å². The smallest absolute Gasteiger partial charge is 0.306 e. The fraction of sp³-hybridized carbons (Fsp3) is 0.933. The van der Waals surface area contributed by atoms with Gasteiger partial charge in [0.15, 0.2) is 6.10 Å². The van der Waals surface area contributed by atoms with Crippen LogP contribution in [0.3, 0.4) is 0 Å². The zero-order valence-electron chi connectivity index (χ0n) is 24.1. The third kappa shape index (κ3) is 25.8. The fourth-order valence-electron chi connectivity index (χ4n) is 4.78. The van der Waals surface area contributed by atoms with Crippen LogP contribution in [0.4, 0.5) is 0 Å². The van der Waals surface area contributed by atoms with Crippen molar-refractivity contribution in [2.75, 3.05) is 27.7 Å². The molecule has 0 saturated carbocycles. The molecule has 0 rings (SSSR count). The normalized spacial score (nSPS) is 13.5. The Hall–Kier alpha value is -1.10. The van der Waals surface area contributed by atoms with E-state index in [9.17, 15) is 14.7 Å². The van der Waals surface area contributed by atoms with Gasteiger partial charge in [-0.25, -0.2) is 0 Å². The molecule has 0 amide bonds. The van der Waals surface area contributed by atoms with Crippen LogP contribution in [-0.4, -0.2) is 50.2 Å². The summed E-state index contributed by atoms with van der Waals surface area (Å²) in [7, 11) is 5.86. The lowest BCUT2D eigenvalue weighted by atomic mass is 9.96.